The van der Waals surface area contributed by atoms with Crippen molar-refractivity contribution < 1.29 is 4.74 Å². The molecule has 0 amide bonds. The zero-order valence-corrected chi connectivity index (χ0v) is 22.3. The number of nitrogens with zero attached hydrogens (tertiary/aromatic N) is 2. The third-order valence-electron chi connectivity index (χ3n) is 8.51. The van der Waals surface area contributed by atoms with E-state index in [0.717, 1.165) is 56.2 Å². The number of aryl methyl sites for hydroxylation is 2. The van der Waals surface area contributed by atoms with Crippen LogP contribution in [-0.4, -0.2) is 4.57 Å². The largest absolute Gasteiger partial charge is 0.457 e. The van der Waals surface area contributed by atoms with Crippen LogP contribution in [0.2, 0.25) is 0 Å². The summed E-state index contributed by atoms with van der Waals surface area (Å²) in [6.45, 7) is 1.88. The van der Waals surface area contributed by atoms with E-state index in [1.165, 1.54) is 11.1 Å². The molecule has 40 heavy (non-hydrogen) atoms. The fraction of sp³-hybridized carbons (Fsp3) is 0.0833. The van der Waals surface area contributed by atoms with Crippen molar-refractivity contribution in [2.45, 2.75) is 12.3 Å². The molecule has 0 saturated carbocycles. The maximum absolute atomic E-state index is 13.3. The molecule has 0 radical (unpaired) electrons. The number of pyridine rings is 1. The van der Waals surface area contributed by atoms with Gasteiger partial charge in [0.1, 0.15) is 11.5 Å². The van der Waals surface area contributed by atoms with Gasteiger partial charge < -0.3 is 14.2 Å². The molecule has 5 aromatic carbocycles. The molecule has 0 aliphatic carbocycles. The van der Waals surface area contributed by atoms with E-state index in [4.69, 9.17) is 4.74 Å². The van der Waals surface area contributed by atoms with Crippen molar-refractivity contribution in [3.05, 3.63) is 159 Å². The van der Waals surface area contributed by atoms with Crippen LogP contribution in [0.5, 0.6) is 11.5 Å². The Kier molecular flexibility index (Phi) is 4.69. The molecule has 4 nitrogen and oxygen atoms in total. The topological polar surface area (TPSA) is 34.5 Å². The zero-order chi connectivity index (χ0) is 27.0. The minimum Gasteiger partial charge on any atom is -0.457 e. The van der Waals surface area contributed by atoms with Crippen LogP contribution in [0.1, 0.15) is 27.8 Å². The van der Waals surface area contributed by atoms with Gasteiger partial charge in [-0.05, 0) is 60.5 Å². The number of fused-ring (bicyclic) bond motifs is 9. The van der Waals surface area contributed by atoms with Crippen molar-refractivity contribution in [3.63, 3.8) is 0 Å². The number of aromatic nitrogens is 1. The lowest BCUT2D eigenvalue weighted by Crippen LogP contribution is -2.39. The van der Waals surface area contributed by atoms with Crippen LogP contribution in [0, 0.1) is 6.92 Å². The molecular formula is C36H26N2O2. The van der Waals surface area contributed by atoms with Gasteiger partial charge in [0.2, 0.25) is 0 Å². The first-order valence-corrected chi connectivity index (χ1v) is 13.5. The lowest BCUT2D eigenvalue weighted by atomic mass is 9.61. The van der Waals surface area contributed by atoms with Crippen LogP contribution in [-0.2, 0) is 12.5 Å². The van der Waals surface area contributed by atoms with E-state index >= 15 is 0 Å². The Hall–Kier alpha value is -5.09. The lowest BCUT2D eigenvalue weighted by Gasteiger charge is -2.48. The monoisotopic (exact) mass is 518 g/mol. The van der Waals surface area contributed by atoms with Crippen LogP contribution in [0.15, 0.2) is 126 Å². The van der Waals surface area contributed by atoms with Crippen LogP contribution < -0.4 is 15.1 Å². The maximum Gasteiger partial charge on any atom is 0.192 e. The van der Waals surface area contributed by atoms with E-state index in [1.54, 1.807) is 0 Å². The summed E-state index contributed by atoms with van der Waals surface area (Å²) in [5.41, 5.74) is 8.86. The van der Waals surface area contributed by atoms with Crippen molar-refractivity contribution >= 4 is 28.0 Å². The van der Waals surface area contributed by atoms with Gasteiger partial charge in [-0.2, -0.15) is 0 Å². The first-order valence-electron chi connectivity index (χ1n) is 13.5. The number of rotatable bonds is 1. The highest BCUT2D eigenvalue weighted by atomic mass is 16.5. The lowest BCUT2D eigenvalue weighted by molar-refractivity contribution is 0.434. The van der Waals surface area contributed by atoms with Crippen LogP contribution in [0.25, 0.3) is 10.9 Å². The van der Waals surface area contributed by atoms with E-state index in [1.807, 2.05) is 42.9 Å². The minimum atomic E-state index is -0.571. The van der Waals surface area contributed by atoms with Crippen molar-refractivity contribution in [2.75, 3.05) is 4.90 Å². The van der Waals surface area contributed by atoms with Crippen LogP contribution >= 0.6 is 0 Å². The Morgan fingerprint density at radius 3 is 1.77 bits per heavy atom. The summed E-state index contributed by atoms with van der Waals surface area (Å²) in [4.78, 5) is 15.6. The highest BCUT2D eigenvalue weighted by molar-refractivity contribution is 5.93. The first-order chi connectivity index (χ1) is 19.6. The quantitative estimate of drug-likeness (QED) is 0.220. The van der Waals surface area contributed by atoms with Gasteiger partial charge in [-0.3, -0.25) is 4.79 Å². The maximum atomic E-state index is 13.3. The van der Waals surface area contributed by atoms with Crippen molar-refractivity contribution in [3.8, 4) is 11.5 Å². The Morgan fingerprint density at radius 2 is 1.18 bits per heavy atom. The molecule has 1 aromatic heterocycles. The third-order valence-corrected chi connectivity index (χ3v) is 8.51. The molecule has 0 N–H and O–H groups in total. The summed E-state index contributed by atoms with van der Waals surface area (Å²) >= 11 is 0. The predicted molar refractivity (Wildman–Crippen MR) is 161 cm³/mol. The molecule has 1 spiro atoms. The molecule has 8 rings (SSSR count). The van der Waals surface area contributed by atoms with E-state index in [2.05, 4.69) is 102 Å². The van der Waals surface area contributed by atoms with E-state index in [-0.39, 0.29) is 5.43 Å². The molecule has 4 heteroatoms. The summed E-state index contributed by atoms with van der Waals surface area (Å²) in [7, 11) is 1.99. The number of para-hydroxylation sites is 4. The average Bonchev–Trinajstić information content (AvgIpc) is 3.00. The Labute approximate surface area is 232 Å². The Balaban J connectivity index is 1.50. The standard InChI is InChI=1S/C36H26N2O2/c1-23-22-37(2)30-20-19-24(21-25(30)35(23)39)38-31-15-7-3-11-26(31)36(27-12-4-8-16-32(27)38)28-13-5-9-17-33(28)40-34-18-10-6-14-29(34)36/h3-22H,1-2H3. The second-order valence-electron chi connectivity index (χ2n) is 10.7. The number of hydrogen-bond donors (Lipinski definition) is 0. The van der Waals surface area contributed by atoms with Gasteiger partial charge in [0.05, 0.1) is 22.3 Å². The molecule has 0 atom stereocenters. The predicted octanol–water partition coefficient (Wildman–Crippen LogP) is 8.12. The fourth-order valence-electron chi connectivity index (χ4n) is 6.88. The Bertz CT molecular complexity index is 1960. The summed E-state index contributed by atoms with van der Waals surface area (Å²) in [5.74, 6) is 1.73. The number of hydrogen-bond acceptors (Lipinski definition) is 3. The van der Waals surface area contributed by atoms with Gasteiger partial charge in [0.25, 0.3) is 0 Å². The highest BCUT2D eigenvalue weighted by Gasteiger charge is 2.50. The number of benzene rings is 5. The second kappa shape index (κ2) is 8.20. The van der Waals surface area contributed by atoms with Gasteiger partial charge in [-0.15, -0.1) is 0 Å². The fourth-order valence-corrected chi connectivity index (χ4v) is 6.88. The normalized spacial score (nSPS) is 14.2. The van der Waals surface area contributed by atoms with E-state index in [0.29, 0.717) is 0 Å². The number of anilines is 3. The van der Waals surface area contributed by atoms with Crippen molar-refractivity contribution in [1.82, 2.24) is 4.57 Å². The average molecular weight is 519 g/mol. The molecule has 0 saturated heterocycles. The summed E-state index contributed by atoms with van der Waals surface area (Å²) in [6.07, 6.45) is 1.90. The van der Waals surface area contributed by atoms with Gasteiger partial charge in [0, 0.05) is 41.0 Å². The Morgan fingerprint density at radius 1 is 0.650 bits per heavy atom. The first kappa shape index (κ1) is 22.9. The molecule has 6 aromatic rings. The number of ether oxygens (including phenoxy) is 1. The SMILES string of the molecule is Cc1cn(C)c2ccc(N3c4ccccc4C4(c5ccccc5Oc5ccccc54)c4ccccc43)cc2c1=O. The third kappa shape index (κ3) is 2.88. The summed E-state index contributed by atoms with van der Waals surface area (Å²) < 4.78 is 8.51. The minimum absolute atomic E-state index is 0.0669. The summed E-state index contributed by atoms with van der Waals surface area (Å²) in [6, 6.07) is 40.2. The molecule has 2 aliphatic rings. The van der Waals surface area contributed by atoms with Crippen LogP contribution in [0.3, 0.4) is 0 Å². The molecule has 0 fully saturated rings. The van der Waals surface area contributed by atoms with Gasteiger partial charge in [0.15, 0.2) is 5.43 Å². The van der Waals surface area contributed by atoms with Crippen molar-refractivity contribution in [1.29, 1.82) is 0 Å². The second-order valence-corrected chi connectivity index (χ2v) is 10.7. The van der Waals surface area contributed by atoms with E-state index in [9.17, 15) is 4.79 Å². The summed E-state index contributed by atoms with van der Waals surface area (Å²) in [5, 5.41) is 0.719. The van der Waals surface area contributed by atoms with Crippen molar-refractivity contribution in [2.24, 2.45) is 7.05 Å². The van der Waals surface area contributed by atoms with E-state index < -0.39 is 5.41 Å². The molecule has 0 bridgehead atoms. The molecular weight excluding hydrogens is 492 g/mol. The van der Waals surface area contributed by atoms with Crippen LogP contribution in [0.4, 0.5) is 17.1 Å². The molecule has 2 aliphatic heterocycles. The zero-order valence-electron chi connectivity index (χ0n) is 22.3. The molecule has 0 unspecified atom stereocenters. The smallest absolute Gasteiger partial charge is 0.192 e. The van der Waals surface area contributed by atoms with Gasteiger partial charge >= 0.3 is 0 Å². The molecule has 3 heterocycles. The molecule has 192 valence electrons. The highest BCUT2D eigenvalue weighted by Crippen LogP contribution is 2.62. The van der Waals surface area contributed by atoms with Gasteiger partial charge in [-0.1, -0.05) is 72.8 Å². The van der Waals surface area contributed by atoms with Gasteiger partial charge in [-0.25, -0.2) is 0 Å².